The van der Waals surface area contributed by atoms with Crippen molar-refractivity contribution >= 4 is 16.9 Å². The van der Waals surface area contributed by atoms with Gasteiger partial charge in [-0.25, -0.2) is 9.97 Å². The van der Waals surface area contributed by atoms with Gasteiger partial charge in [-0.3, -0.25) is 0 Å². The van der Waals surface area contributed by atoms with E-state index in [1.54, 1.807) is 10.8 Å². The van der Waals surface area contributed by atoms with E-state index >= 15 is 0 Å². The zero-order valence-corrected chi connectivity index (χ0v) is 13.5. The topological polar surface area (TPSA) is 127 Å². The largest absolute Gasteiger partial charge is 0.394 e. The molecule has 128 valence electrons. The Bertz CT molecular complexity index is 821. The Kier molecular flexibility index (Phi) is 4.19. The summed E-state index contributed by atoms with van der Waals surface area (Å²) in [5.41, 5.74) is 5.41. The standard InChI is InChI=1S/C16H20N4O4/c1-3-4-5-9-6-20(14-11(9)13(17)18-8-19-14)15-16(2,23)12(22)10(7-21)24-15/h6,8,10,12,15,21-23H,3,7H2,1-2H3,(H2,17,18,19)/t10-,12-,15-,16-/m1/s1. The van der Waals surface area contributed by atoms with E-state index < -0.39 is 30.6 Å². The normalized spacial score (nSPS) is 29.6. The van der Waals surface area contributed by atoms with Crippen molar-refractivity contribution in [3.8, 4) is 11.8 Å². The number of aliphatic hydroxyl groups excluding tert-OH is 2. The third-order valence-corrected chi connectivity index (χ3v) is 4.23. The van der Waals surface area contributed by atoms with Crippen molar-refractivity contribution in [2.45, 2.75) is 44.3 Å². The summed E-state index contributed by atoms with van der Waals surface area (Å²) in [5, 5.41) is 30.8. The van der Waals surface area contributed by atoms with Crippen molar-refractivity contribution in [2.24, 2.45) is 0 Å². The maximum Gasteiger partial charge on any atom is 0.167 e. The number of ether oxygens (including phenoxy) is 1. The Balaban J connectivity index is 2.19. The van der Waals surface area contributed by atoms with Crippen LogP contribution in [-0.4, -0.2) is 54.3 Å². The van der Waals surface area contributed by atoms with Crippen LogP contribution in [0.1, 0.15) is 32.1 Å². The number of hydrogen-bond acceptors (Lipinski definition) is 7. The Hall–Kier alpha value is -2.18. The summed E-state index contributed by atoms with van der Waals surface area (Å²) >= 11 is 0. The molecule has 1 aliphatic heterocycles. The minimum absolute atomic E-state index is 0.274. The molecule has 8 nitrogen and oxygen atoms in total. The molecule has 0 bridgehead atoms. The van der Waals surface area contributed by atoms with E-state index in [-0.39, 0.29) is 5.82 Å². The molecule has 5 N–H and O–H groups in total. The lowest BCUT2D eigenvalue weighted by molar-refractivity contribution is -0.0948. The Labute approximate surface area is 138 Å². The molecule has 0 saturated carbocycles. The fourth-order valence-electron chi connectivity index (χ4n) is 2.96. The maximum absolute atomic E-state index is 10.7. The van der Waals surface area contributed by atoms with Crippen LogP contribution in [-0.2, 0) is 4.74 Å². The first-order valence-corrected chi connectivity index (χ1v) is 7.68. The lowest BCUT2D eigenvalue weighted by Crippen LogP contribution is -2.44. The molecule has 1 saturated heterocycles. The highest BCUT2D eigenvalue weighted by Gasteiger charge is 2.53. The molecule has 0 amide bonds. The van der Waals surface area contributed by atoms with Gasteiger partial charge in [0.25, 0.3) is 0 Å². The van der Waals surface area contributed by atoms with Gasteiger partial charge in [-0.1, -0.05) is 18.8 Å². The van der Waals surface area contributed by atoms with Crippen molar-refractivity contribution in [3.63, 3.8) is 0 Å². The number of rotatable bonds is 2. The monoisotopic (exact) mass is 332 g/mol. The first-order valence-electron chi connectivity index (χ1n) is 7.68. The van der Waals surface area contributed by atoms with Gasteiger partial charge in [0, 0.05) is 12.6 Å². The molecule has 0 aromatic carbocycles. The van der Waals surface area contributed by atoms with Crippen LogP contribution >= 0.6 is 0 Å². The average molecular weight is 332 g/mol. The Morgan fingerprint density at radius 3 is 2.83 bits per heavy atom. The van der Waals surface area contributed by atoms with Crippen LogP contribution in [0, 0.1) is 11.8 Å². The zero-order valence-electron chi connectivity index (χ0n) is 13.5. The second-order valence-corrected chi connectivity index (χ2v) is 5.94. The fourth-order valence-corrected chi connectivity index (χ4v) is 2.96. The van der Waals surface area contributed by atoms with Crippen LogP contribution < -0.4 is 5.73 Å². The molecule has 1 aliphatic rings. The van der Waals surface area contributed by atoms with Crippen LogP contribution in [0.5, 0.6) is 0 Å². The second-order valence-electron chi connectivity index (χ2n) is 5.94. The summed E-state index contributed by atoms with van der Waals surface area (Å²) in [6.07, 6.45) is 0.571. The van der Waals surface area contributed by atoms with Gasteiger partial charge in [-0.15, -0.1) is 0 Å². The lowest BCUT2D eigenvalue weighted by Gasteiger charge is -2.27. The predicted octanol–water partition coefficient (Wildman–Crippen LogP) is -0.223. The van der Waals surface area contributed by atoms with Crippen molar-refractivity contribution in [1.29, 1.82) is 0 Å². The number of nitrogen functional groups attached to an aromatic ring is 1. The number of fused-ring (bicyclic) bond motifs is 1. The summed E-state index contributed by atoms with van der Waals surface area (Å²) in [7, 11) is 0. The van der Waals surface area contributed by atoms with Gasteiger partial charge in [-0.2, -0.15) is 0 Å². The Morgan fingerprint density at radius 2 is 2.21 bits per heavy atom. The smallest absolute Gasteiger partial charge is 0.167 e. The molecule has 0 aliphatic carbocycles. The highest BCUT2D eigenvalue weighted by Crippen LogP contribution is 2.40. The van der Waals surface area contributed by atoms with E-state index in [4.69, 9.17) is 10.5 Å². The second kappa shape index (κ2) is 6.03. The van der Waals surface area contributed by atoms with Crippen LogP contribution in [0.15, 0.2) is 12.5 Å². The summed E-state index contributed by atoms with van der Waals surface area (Å²) in [5.74, 6) is 6.25. The van der Waals surface area contributed by atoms with Gasteiger partial charge in [0.1, 0.15) is 35.6 Å². The summed E-state index contributed by atoms with van der Waals surface area (Å²) < 4.78 is 7.23. The minimum atomic E-state index is -1.62. The minimum Gasteiger partial charge on any atom is -0.394 e. The SMILES string of the molecule is CCC#Cc1cn([C@@H]2O[C@H](CO)[C@@H](O)[C@@]2(C)O)c2ncnc(N)c12. The van der Waals surface area contributed by atoms with Crippen LogP contribution in [0.25, 0.3) is 11.0 Å². The highest BCUT2D eigenvalue weighted by molar-refractivity contribution is 5.92. The zero-order chi connectivity index (χ0) is 17.5. The van der Waals surface area contributed by atoms with Gasteiger partial charge < -0.3 is 30.4 Å². The van der Waals surface area contributed by atoms with Gasteiger partial charge in [0.2, 0.25) is 0 Å². The van der Waals surface area contributed by atoms with Crippen LogP contribution in [0.3, 0.4) is 0 Å². The molecular formula is C16H20N4O4. The summed E-state index contributed by atoms with van der Waals surface area (Å²) in [6, 6.07) is 0. The predicted molar refractivity (Wildman–Crippen MR) is 86.7 cm³/mol. The number of nitrogens with zero attached hydrogens (tertiary/aromatic N) is 3. The van der Waals surface area contributed by atoms with E-state index in [0.29, 0.717) is 23.0 Å². The first kappa shape index (κ1) is 16.7. The molecule has 8 heteroatoms. The first-order chi connectivity index (χ1) is 11.4. The molecule has 0 spiro atoms. The summed E-state index contributed by atoms with van der Waals surface area (Å²) in [4.78, 5) is 8.22. The third-order valence-electron chi connectivity index (χ3n) is 4.23. The quantitative estimate of drug-likeness (QED) is 0.560. The van der Waals surface area contributed by atoms with E-state index in [9.17, 15) is 15.3 Å². The van der Waals surface area contributed by atoms with Crippen molar-refractivity contribution in [1.82, 2.24) is 14.5 Å². The number of hydrogen-bond donors (Lipinski definition) is 4. The highest BCUT2D eigenvalue weighted by atomic mass is 16.6. The van der Waals surface area contributed by atoms with E-state index in [0.717, 1.165) is 0 Å². The Morgan fingerprint density at radius 1 is 1.46 bits per heavy atom. The molecule has 4 atom stereocenters. The molecular weight excluding hydrogens is 312 g/mol. The molecule has 2 aromatic rings. The van der Waals surface area contributed by atoms with Crippen molar-refractivity contribution < 1.29 is 20.1 Å². The maximum atomic E-state index is 10.7. The van der Waals surface area contributed by atoms with Crippen LogP contribution in [0.4, 0.5) is 5.82 Å². The molecule has 0 unspecified atom stereocenters. The third kappa shape index (κ3) is 2.42. The van der Waals surface area contributed by atoms with Crippen molar-refractivity contribution in [2.75, 3.05) is 12.3 Å². The molecule has 2 aromatic heterocycles. The van der Waals surface area contributed by atoms with E-state index in [1.807, 2.05) is 6.92 Å². The number of aliphatic hydroxyl groups is 3. The number of aromatic nitrogens is 3. The van der Waals surface area contributed by atoms with Gasteiger partial charge >= 0.3 is 0 Å². The summed E-state index contributed by atoms with van der Waals surface area (Å²) in [6.45, 7) is 2.97. The van der Waals surface area contributed by atoms with Gasteiger partial charge in [0.15, 0.2) is 6.23 Å². The fraction of sp³-hybridized carbons (Fsp3) is 0.500. The molecule has 1 fully saturated rings. The van der Waals surface area contributed by atoms with Gasteiger partial charge in [0.05, 0.1) is 17.6 Å². The molecule has 3 heterocycles. The number of nitrogens with two attached hydrogens (primary N) is 1. The van der Waals surface area contributed by atoms with Crippen LogP contribution in [0.2, 0.25) is 0 Å². The lowest BCUT2D eigenvalue weighted by atomic mass is 9.96. The van der Waals surface area contributed by atoms with Crippen molar-refractivity contribution in [3.05, 3.63) is 18.1 Å². The van der Waals surface area contributed by atoms with E-state index in [2.05, 4.69) is 21.8 Å². The van der Waals surface area contributed by atoms with Gasteiger partial charge in [-0.05, 0) is 6.92 Å². The molecule has 3 rings (SSSR count). The van der Waals surface area contributed by atoms with E-state index in [1.165, 1.54) is 13.3 Å². The number of anilines is 1. The molecule has 0 radical (unpaired) electrons. The molecule has 24 heavy (non-hydrogen) atoms. The average Bonchev–Trinajstić information content (AvgIpc) is 3.02.